The van der Waals surface area contributed by atoms with Gasteiger partial charge in [-0.3, -0.25) is 0 Å². The third kappa shape index (κ3) is 3.84. The fourth-order valence-electron chi connectivity index (χ4n) is 3.65. The van der Waals surface area contributed by atoms with Crippen LogP contribution >= 0.6 is 0 Å². The molecule has 4 atom stereocenters. The molecule has 0 amide bonds. The SMILES string of the molecule is CO[C](=[Cr])C1CC=C[C@H]2CCC[C@H](O[Si](C)(C)C(C)(C)C)[C@H]12. The normalized spacial score (nSPS) is 32.6. The summed E-state index contributed by atoms with van der Waals surface area (Å²) in [6, 6.07) is 0. The van der Waals surface area contributed by atoms with Gasteiger partial charge in [-0.2, -0.15) is 0 Å². The third-order valence-electron chi connectivity index (χ3n) is 5.94. The second-order valence-corrected chi connectivity index (χ2v) is 13.8. The second kappa shape index (κ2) is 7.03. The molecule has 0 aromatic heterocycles. The zero-order valence-corrected chi connectivity index (χ0v) is 17.3. The van der Waals surface area contributed by atoms with Gasteiger partial charge in [0.05, 0.1) is 0 Å². The molecule has 126 valence electrons. The number of rotatable bonds is 4. The van der Waals surface area contributed by atoms with Gasteiger partial charge >= 0.3 is 146 Å². The van der Waals surface area contributed by atoms with Gasteiger partial charge in [-0.25, -0.2) is 0 Å². The van der Waals surface area contributed by atoms with Crippen LogP contribution in [0.4, 0.5) is 0 Å². The summed E-state index contributed by atoms with van der Waals surface area (Å²) in [5.41, 5.74) is 0. The predicted molar refractivity (Wildman–Crippen MR) is 92.2 cm³/mol. The molecule has 1 unspecified atom stereocenters. The van der Waals surface area contributed by atoms with Crippen molar-refractivity contribution in [1.29, 1.82) is 0 Å². The summed E-state index contributed by atoms with van der Waals surface area (Å²) < 4.78 is 13.5. The zero-order chi connectivity index (χ0) is 16.5. The summed E-state index contributed by atoms with van der Waals surface area (Å²) in [5, 5.41) is 0.270. The molecular formula is C18H32CrO2Si. The molecule has 0 N–H and O–H groups in total. The molecule has 22 heavy (non-hydrogen) atoms. The molecule has 0 radical (unpaired) electrons. The third-order valence-corrected chi connectivity index (χ3v) is 11.2. The van der Waals surface area contributed by atoms with E-state index >= 15 is 0 Å². The maximum atomic E-state index is 6.86. The Morgan fingerprint density at radius 1 is 1.23 bits per heavy atom. The van der Waals surface area contributed by atoms with Gasteiger partial charge in [0.1, 0.15) is 0 Å². The molecule has 0 saturated heterocycles. The van der Waals surface area contributed by atoms with Crippen LogP contribution in [0.1, 0.15) is 46.5 Å². The van der Waals surface area contributed by atoms with Crippen molar-refractivity contribution in [1.82, 2.24) is 0 Å². The summed E-state index contributed by atoms with van der Waals surface area (Å²) in [4.78, 5) is 0. The number of allylic oxidation sites excluding steroid dienone is 2. The van der Waals surface area contributed by atoms with Gasteiger partial charge in [-0.05, 0) is 0 Å². The molecule has 2 aliphatic carbocycles. The van der Waals surface area contributed by atoms with Gasteiger partial charge in [0.25, 0.3) is 0 Å². The monoisotopic (exact) mass is 360 g/mol. The summed E-state index contributed by atoms with van der Waals surface area (Å²) in [5.74, 6) is 1.69. The number of hydrogen-bond acceptors (Lipinski definition) is 2. The molecule has 2 rings (SSSR count). The van der Waals surface area contributed by atoms with E-state index in [1.165, 1.54) is 19.3 Å². The van der Waals surface area contributed by atoms with E-state index in [0.717, 1.165) is 11.0 Å². The molecule has 2 nitrogen and oxygen atoms in total. The fourth-order valence-corrected chi connectivity index (χ4v) is 5.43. The molecule has 0 spiro atoms. The van der Waals surface area contributed by atoms with Crippen LogP contribution in [0.3, 0.4) is 0 Å². The van der Waals surface area contributed by atoms with Gasteiger partial charge < -0.3 is 0 Å². The van der Waals surface area contributed by atoms with E-state index in [1.807, 2.05) is 0 Å². The van der Waals surface area contributed by atoms with E-state index in [-0.39, 0.29) is 5.04 Å². The van der Waals surface area contributed by atoms with Crippen LogP contribution in [0.2, 0.25) is 18.1 Å². The molecule has 4 heteroatoms. The van der Waals surface area contributed by atoms with E-state index in [4.69, 9.17) is 9.16 Å². The van der Waals surface area contributed by atoms with E-state index in [0.29, 0.717) is 23.9 Å². The summed E-state index contributed by atoms with van der Waals surface area (Å²) in [6.07, 6.45) is 10.0. The minimum atomic E-state index is -1.73. The minimum absolute atomic E-state index is 0.270. The van der Waals surface area contributed by atoms with Crippen LogP contribution in [-0.2, 0) is 25.0 Å². The van der Waals surface area contributed by atoms with Crippen LogP contribution < -0.4 is 0 Å². The van der Waals surface area contributed by atoms with E-state index in [9.17, 15) is 0 Å². The van der Waals surface area contributed by atoms with Crippen molar-refractivity contribution in [3.05, 3.63) is 12.2 Å². The van der Waals surface area contributed by atoms with Crippen molar-refractivity contribution in [2.75, 3.05) is 7.11 Å². The number of fused-ring (bicyclic) bond motifs is 1. The van der Waals surface area contributed by atoms with Gasteiger partial charge in [-0.1, -0.05) is 0 Å². The van der Waals surface area contributed by atoms with Crippen molar-refractivity contribution in [3.8, 4) is 0 Å². The molecular weight excluding hydrogens is 328 g/mol. The average molecular weight is 361 g/mol. The summed E-state index contributed by atoms with van der Waals surface area (Å²) >= 11 is 3.16. The van der Waals surface area contributed by atoms with Crippen molar-refractivity contribution >= 4 is 12.9 Å². The molecule has 1 fully saturated rings. The Bertz CT molecular complexity index is 439. The number of hydrogen-bond donors (Lipinski definition) is 0. The standard InChI is InChI=1S/C18H32O2Si.Cr/c1-18(2,3)21(5,6)20-16-12-8-10-14-9-7-11-15(13-19-4)17(14)16;/h7,9,14-17H,8,10-12H2,1-6H3;/t14-,15?,16-,17-;/m0./s1. The van der Waals surface area contributed by atoms with Gasteiger partial charge in [0.15, 0.2) is 0 Å². The summed E-state index contributed by atoms with van der Waals surface area (Å²) in [6.45, 7) is 11.8. The first-order valence-electron chi connectivity index (χ1n) is 8.59. The molecule has 1 saturated carbocycles. The van der Waals surface area contributed by atoms with Crippen LogP contribution in [-0.4, -0.2) is 26.1 Å². The number of ether oxygens (including phenoxy) is 1. The Morgan fingerprint density at radius 2 is 1.91 bits per heavy atom. The quantitative estimate of drug-likeness (QED) is 0.535. The first-order chi connectivity index (χ1) is 10.2. The zero-order valence-electron chi connectivity index (χ0n) is 15.0. The molecule has 0 aliphatic heterocycles. The first-order valence-corrected chi connectivity index (χ1v) is 12.1. The molecule has 0 aromatic carbocycles. The van der Waals surface area contributed by atoms with Crippen molar-refractivity contribution < 1.29 is 25.0 Å². The van der Waals surface area contributed by atoms with E-state index in [2.05, 4.69) is 61.9 Å². The molecule has 0 heterocycles. The number of methoxy groups -OCH3 is 1. The van der Waals surface area contributed by atoms with Crippen LogP contribution in [0.25, 0.3) is 0 Å². The van der Waals surface area contributed by atoms with Crippen molar-refractivity contribution in [3.63, 3.8) is 0 Å². The van der Waals surface area contributed by atoms with Crippen molar-refractivity contribution in [2.24, 2.45) is 17.8 Å². The van der Waals surface area contributed by atoms with Gasteiger partial charge in [-0.15, -0.1) is 0 Å². The van der Waals surface area contributed by atoms with Gasteiger partial charge in [0.2, 0.25) is 0 Å². The Balaban J connectivity index is 2.23. The van der Waals surface area contributed by atoms with Gasteiger partial charge in [0, 0.05) is 0 Å². The maximum absolute atomic E-state index is 6.86. The van der Waals surface area contributed by atoms with E-state index in [1.54, 1.807) is 7.11 Å². The molecule has 0 bridgehead atoms. The molecule has 0 aromatic rings. The average Bonchev–Trinajstić information content (AvgIpc) is 2.44. The van der Waals surface area contributed by atoms with Crippen LogP contribution in [0.15, 0.2) is 12.2 Å². The fraction of sp³-hybridized carbons (Fsp3) is 0.833. The van der Waals surface area contributed by atoms with Crippen LogP contribution in [0, 0.1) is 17.8 Å². The van der Waals surface area contributed by atoms with Crippen molar-refractivity contribution in [2.45, 2.75) is 70.7 Å². The Morgan fingerprint density at radius 3 is 2.50 bits per heavy atom. The second-order valence-electron chi connectivity index (χ2n) is 8.38. The Hall–Kier alpha value is 0.279. The topological polar surface area (TPSA) is 18.5 Å². The predicted octanol–water partition coefficient (Wildman–Crippen LogP) is 4.69. The van der Waals surface area contributed by atoms with Crippen LogP contribution in [0.5, 0.6) is 0 Å². The Kier molecular flexibility index (Phi) is 5.95. The molecule has 2 aliphatic rings. The Labute approximate surface area is 145 Å². The first kappa shape index (κ1) is 18.6. The summed E-state index contributed by atoms with van der Waals surface area (Å²) in [7, 11) is 0.0559. The van der Waals surface area contributed by atoms with E-state index < -0.39 is 8.32 Å².